The number of hydrogen-bond acceptors (Lipinski definition) is 15. The van der Waals surface area contributed by atoms with E-state index in [9.17, 15) is 5.11 Å². The highest BCUT2D eigenvalue weighted by Crippen LogP contribution is 2.30. The summed E-state index contributed by atoms with van der Waals surface area (Å²) >= 11 is 4.39. The van der Waals surface area contributed by atoms with Crippen molar-refractivity contribution in [2.45, 2.75) is 51.7 Å². The Morgan fingerprint density at radius 1 is 0.830 bits per heavy atom. The SMILES string of the molecule is CCN(Cc1cc(Nc2nc(C)cn3c(-c4cn[nH]c4)cnc23)sn1)C(C)(C)CO.CSc1cn2c(-c3cn[nH]c3)cnc2c(Nc2cc(C)ns2)n1. The first-order chi connectivity index (χ1) is 25.6. The van der Waals surface area contributed by atoms with Crippen LogP contribution < -0.4 is 10.6 Å². The molecule has 0 atom stereocenters. The van der Waals surface area contributed by atoms with E-state index >= 15 is 0 Å². The van der Waals surface area contributed by atoms with Crippen LogP contribution in [0.5, 0.6) is 0 Å². The summed E-state index contributed by atoms with van der Waals surface area (Å²) in [7, 11) is 0. The number of likely N-dealkylation sites (N-methyl/N-ethyl adjacent to an activating group) is 1. The lowest BCUT2D eigenvalue weighted by Gasteiger charge is -2.35. The van der Waals surface area contributed by atoms with E-state index in [0.717, 1.165) is 78.3 Å². The second-order valence-corrected chi connectivity index (χ2v) is 15.2. The molecule has 0 aromatic carbocycles. The highest BCUT2D eigenvalue weighted by molar-refractivity contribution is 7.98. The molecular formula is C34H39N15OS3. The predicted molar refractivity (Wildman–Crippen MR) is 210 cm³/mol. The molecule has 274 valence electrons. The summed E-state index contributed by atoms with van der Waals surface area (Å²) in [6.07, 6.45) is 16.8. The number of aromatic amines is 2. The van der Waals surface area contributed by atoms with E-state index in [0.29, 0.717) is 12.4 Å². The second kappa shape index (κ2) is 15.4. The number of anilines is 4. The molecule has 8 aromatic rings. The summed E-state index contributed by atoms with van der Waals surface area (Å²) < 4.78 is 12.9. The van der Waals surface area contributed by atoms with E-state index < -0.39 is 0 Å². The van der Waals surface area contributed by atoms with Gasteiger partial charge in [0.2, 0.25) is 0 Å². The maximum atomic E-state index is 9.68. The largest absolute Gasteiger partial charge is 0.394 e. The summed E-state index contributed by atoms with van der Waals surface area (Å²) in [5, 5.41) is 32.9. The molecule has 0 bridgehead atoms. The lowest BCUT2D eigenvalue weighted by atomic mass is 10.0. The van der Waals surface area contributed by atoms with Gasteiger partial charge in [0, 0.05) is 48.0 Å². The number of imidazole rings is 2. The van der Waals surface area contributed by atoms with Gasteiger partial charge in [-0.15, -0.1) is 11.8 Å². The van der Waals surface area contributed by atoms with Crippen molar-refractivity contribution in [3.8, 4) is 22.5 Å². The Bertz CT molecular complexity index is 2430. The van der Waals surface area contributed by atoms with Gasteiger partial charge in [-0.1, -0.05) is 6.92 Å². The predicted octanol–water partition coefficient (Wildman–Crippen LogP) is 6.57. The molecular weight excluding hydrogens is 731 g/mol. The summed E-state index contributed by atoms with van der Waals surface area (Å²) in [5.74, 6) is 1.40. The highest BCUT2D eigenvalue weighted by atomic mass is 32.2. The lowest BCUT2D eigenvalue weighted by Crippen LogP contribution is -2.46. The number of nitrogens with zero attached hydrogens (tertiary/aromatic N) is 11. The number of fused-ring (bicyclic) bond motifs is 2. The van der Waals surface area contributed by atoms with Crippen molar-refractivity contribution >= 4 is 67.8 Å². The average molecular weight is 770 g/mol. The fraction of sp³-hybridized carbons (Fsp3) is 0.294. The fourth-order valence-electron chi connectivity index (χ4n) is 5.70. The van der Waals surface area contributed by atoms with Crippen LogP contribution in [0.1, 0.15) is 37.9 Å². The molecule has 53 heavy (non-hydrogen) atoms. The Morgan fingerprint density at radius 3 is 1.98 bits per heavy atom. The third-order valence-electron chi connectivity index (χ3n) is 8.53. The number of H-pyrrole nitrogens is 2. The number of rotatable bonds is 12. The molecule has 0 fully saturated rings. The van der Waals surface area contributed by atoms with E-state index in [1.807, 2.05) is 92.1 Å². The molecule has 0 aliphatic rings. The van der Waals surface area contributed by atoms with Crippen molar-refractivity contribution in [1.82, 2.24) is 62.8 Å². The number of aromatic nitrogens is 12. The van der Waals surface area contributed by atoms with Gasteiger partial charge in [-0.2, -0.15) is 18.9 Å². The summed E-state index contributed by atoms with van der Waals surface area (Å²) in [4.78, 5) is 20.6. The molecule has 0 aliphatic carbocycles. The van der Waals surface area contributed by atoms with E-state index in [-0.39, 0.29) is 12.1 Å². The number of aliphatic hydroxyl groups excluding tert-OH is 1. The van der Waals surface area contributed by atoms with Crippen LogP contribution in [0.25, 0.3) is 33.8 Å². The van der Waals surface area contributed by atoms with Gasteiger partial charge in [-0.25, -0.2) is 19.9 Å². The Hall–Kier alpha value is -5.21. The van der Waals surface area contributed by atoms with E-state index in [2.05, 4.69) is 71.5 Å². The second-order valence-electron chi connectivity index (χ2n) is 12.8. The first-order valence-corrected chi connectivity index (χ1v) is 19.5. The molecule has 0 spiro atoms. The van der Waals surface area contributed by atoms with Crippen LogP contribution in [0.2, 0.25) is 0 Å². The summed E-state index contributed by atoms with van der Waals surface area (Å²) in [5.41, 5.74) is 7.88. The number of hydrogen-bond donors (Lipinski definition) is 5. The van der Waals surface area contributed by atoms with E-state index in [4.69, 9.17) is 0 Å². The Morgan fingerprint density at radius 2 is 1.43 bits per heavy atom. The molecule has 8 rings (SSSR count). The minimum Gasteiger partial charge on any atom is -0.394 e. The zero-order valence-corrected chi connectivity index (χ0v) is 32.4. The molecule has 0 aliphatic heterocycles. The number of aryl methyl sites for hydroxylation is 2. The van der Waals surface area contributed by atoms with Crippen LogP contribution in [0.3, 0.4) is 0 Å². The molecule has 16 nitrogen and oxygen atoms in total. The minimum atomic E-state index is -0.296. The first kappa shape index (κ1) is 36.2. The van der Waals surface area contributed by atoms with Gasteiger partial charge in [0.25, 0.3) is 0 Å². The van der Waals surface area contributed by atoms with Crippen molar-refractivity contribution in [2.24, 2.45) is 0 Å². The lowest BCUT2D eigenvalue weighted by molar-refractivity contribution is 0.0544. The smallest absolute Gasteiger partial charge is 0.181 e. The van der Waals surface area contributed by atoms with Crippen molar-refractivity contribution in [2.75, 3.05) is 30.0 Å². The standard InChI is InChI=1S/C20H26N8OS.C14H13N7S2/c1-5-27(20(3,4)12-29)11-15-6-17(30-26-15)25-18-19-21-9-16(14-7-22-23-8-14)28(19)10-13(2)24-18;1-8-3-11(23-20-8)18-13-14-15-6-10(9-4-16-17-5-9)21(14)7-12(19-13)22-2/h6-10,29H,5,11-12H2,1-4H3,(H,22,23)(H,24,25);3-7H,1-2H3,(H,16,17)(H,18,19). The molecule has 0 radical (unpaired) electrons. The molecule has 0 saturated carbocycles. The molecule has 8 aromatic heterocycles. The summed E-state index contributed by atoms with van der Waals surface area (Å²) in [6.45, 7) is 11.7. The molecule has 5 N–H and O–H groups in total. The number of thioether (sulfide) groups is 1. The quantitative estimate of drug-likeness (QED) is 0.0840. The monoisotopic (exact) mass is 769 g/mol. The van der Waals surface area contributed by atoms with Crippen LogP contribution in [-0.2, 0) is 6.54 Å². The molecule has 0 amide bonds. The van der Waals surface area contributed by atoms with Gasteiger partial charge >= 0.3 is 0 Å². The highest BCUT2D eigenvalue weighted by Gasteiger charge is 2.25. The van der Waals surface area contributed by atoms with E-state index in [1.54, 1.807) is 24.2 Å². The van der Waals surface area contributed by atoms with Gasteiger partial charge in [0.05, 0.1) is 59.9 Å². The third-order valence-corrected chi connectivity index (χ3v) is 10.7. The average Bonchev–Trinajstić information content (AvgIpc) is 3.99. The van der Waals surface area contributed by atoms with Gasteiger partial charge in [-0.05, 0) is 75.7 Å². The van der Waals surface area contributed by atoms with Crippen molar-refractivity contribution in [3.63, 3.8) is 0 Å². The Balaban J connectivity index is 0.000000170. The third kappa shape index (κ3) is 7.79. The van der Waals surface area contributed by atoms with Gasteiger partial charge in [-0.3, -0.25) is 23.9 Å². The zero-order valence-electron chi connectivity index (χ0n) is 30.0. The molecule has 19 heteroatoms. The minimum absolute atomic E-state index is 0.0974. The van der Waals surface area contributed by atoms with Crippen molar-refractivity contribution in [3.05, 3.63) is 78.8 Å². The van der Waals surface area contributed by atoms with Crippen LogP contribution in [-0.4, -0.2) is 92.8 Å². The molecule has 0 unspecified atom stereocenters. The van der Waals surface area contributed by atoms with Crippen LogP contribution in [0.15, 0.2) is 66.7 Å². The van der Waals surface area contributed by atoms with Crippen LogP contribution in [0, 0.1) is 13.8 Å². The van der Waals surface area contributed by atoms with Crippen LogP contribution in [0.4, 0.5) is 21.6 Å². The number of aliphatic hydroxyl groups is 1. The van der Waals surface area contributed by atoms with Gasteiger partial charge in [0.15, 0.2) is 22.9 Å². The van der Waals surface area contributed by atoms with Gasteiger partial charge < -0.3 is 15.7 Å². The maximum absolute atomic E-state index is 9.68. The Labute approximate surface area is 317 Å². The van der Waals surface area contributed by atoms with Crippen molar-refractivity contribution in [1.29, 1.82) is 0 Å². The molecule has 0 saturated heterocycles. The summed E-state index contributed by atoms with van der Waals surface area (Å²) in [6, 6.07) is 4.02. The normalized spacial score (nSPS) is 11.8. The molecule has 8 heterocycles. The van der Waals surface area contributed by atoms with Crippen molar-refractivity contribution < 1.29 is 5.11 Å². The first-order valence-electron chi connectivity index (χ1n) is 16.7. The fourth-order valence-corrected chi connectivity index (χ4v) is 7.41. The van der Waals surface area contributed by atoms with E-state index in [1.165, 1.54) is 23.1 Å². The maximum Gasteiger partial charge on any atom is 0.181 e. The topological polar surface area (TPSA) is 191 Å². The Kier molecular flexibility index (Phi) is 10.5. The van der Waals surface area contributed by atoms with Gasteiger partial charge in [0.1, 0.15) is 15.0 Å². The van der Waals surface area contributed by atoms with Crippen LogP contribution >= 0.6 is 34.8 Å². The number of nitrogens with one attached hydrogen (secondary N) is 4. The zero-order chi connectivity index (χ0) is 37.1.